The van der Waals surface area contributed by atoms with Gasteiger partial charge in [0.1, 0.15) is 5.75 Å². The zero-order chi connectivity index (χ0) is 19.8. The molecule has 1 N–H and O–H groups in total. The minimum atomic E-state index is 0.00731. The maximum Gasteiger partial charge on any atom is 0.265 e. The van der Waals surface area contributed by atoms with Crippen molar-refractivity contribution in [2.45, 2.75) is 26.7 Å². The van der Waals surface area contributed by atoms with Crippen molar-refractivity contribution in [2.75, 3.05) is 57.4 Å². The number of guanidine groups is 1. The van der Waals surface area contributed by atoms with Gasteiger partial charge in [0.2, 0.25) is 0 Å². The molecule has 0 aromatic heterocycles. The minimum Gasteiger partial charge on any atom is -0.482 e. The number of nitrogens with zero attached hydrogens (tertiary/aromatic N) is 3. The lowest BCUT2D eigenvalue weighted by Crippen LogP contribution is -2.41. The number of hydrogen-bond acceptors (Lipinski definition) is 4. The van der Waals surface area contributed by atoms with Crippen molar-refractivity contribution in [2.24, 2.45) is 10.9 Å². The maximum absolute atomic E-state index is 12.3. The molecule has 1 atom stereocenters. The van der Waals surface area contributed by atoms with E-state index >= 15 is 0 Å². The average molecular weight is 389 g/mol. The van der Waals surface area contributed by atoms with Gasteiger partial charge in [-0.2, -0.15) is 0 Å². The first-order valence-corrected chi connectivity index (χ1v) is 10.4. The van der Waals surface area contributed by atoms with Crippen molar-refractivity contribution in [3.63, 3.8) is 0 Å². The molecular weight excluding hydrogens is 356 g/mol. The average Bonchev–Trinajstić information content (AvgIpc) is 3.19. The molecule has 1 unspecified atom stereocenters. The molecule has 1 fully saturated rings. The van der Waals surface area contributed by atoms with Crippen LogP contribution >= 0.6 is 0 Å². The SMILES string of the molecule is CCNC(=NCCCN1C(=O)COc2ccccc21)N1CCC(COCC)C1. The highest BCUT2D eigenvalue weighted by molar-refractivity contribution is 5.97. The number of anilines is 1. The number of benzene rings is 1. The molecule has 0 spiro atoms. The zero-order valence-corrected chi connectivity index (χ0v) is 17.0. The summed E-state index contributed by atoms with van der Waals surface area (Å²) in [6.07, 6.45) is 1.95. The van der Waals surface area contributed by atoms with Crippen LogP contribution in [0.25, 0.3) is 0 Å². The lowest BCUT2D eigenvalue weighted by molar-refractivity contribution is -0.121. The van der Waals surface area contributed by atoms with Crippen LogP contribution in [0.5, 0.6) is 5.75 Å². The molecule has 0 radical (unpaired) electrons. The van der Waals surface area contributed by atoms with Gasteiger partial charge in [0.25, 0.3) is 5.91 Å². The van der Waals surface area contributed by atoms with E-state index in [2.05, 4.69) is 17.1 Å². The predicted octanol–water partition coefficient (Wildman–Crippen LogP) is 2.13. The largest absolute Gasteiger partial charge is 0.482 e. The fraction of sp³-hybridized carbons (Fsp3) is 0.619. The smallest absolute Gasteiger partial charge is 0.265 e. The summed E-state index contributed by atoms with van der Waals surface area (Å²) in [6, 6.07) is 7.70. The normalized spacial score (nSPS) is 19.6. The molecule has 1 saturated heterocycles. The summed E-state index contributed by atoms with van der Waals surface area (Å²) in [5.41, 5.74) is 0.855. The molecule has 3 rings (SSSR count). The van der Waals surface area contributed by atoms with Crippen LogP contribution in [0.4, 0.5) is 5.69 Å². The van der Waals surface area contributed by atoms with Crippen LogP contribution in [0.1, 0.15) is 26.7 Å². The van der Waals surface area contributed by atoms with Gasteiger partial charge in [0.05, 0.1) is 12.3 Å². The quantitative estimate of drug-likeness (QED) is 0.420. The van der Waals surface area contributed by atoms with E-state index in [0.29, 0.717) is 19.0 Å². The number of aliphatic imine (C=N–C) groups is 1. The summed E-state index contributed by atoms with van der Waals surface area (Å²) in [5, 5.41) is 3.40. The summed E-state index contributed by atoms with van der Waals surface area (Å²) in [7, 11) is 0. The van der Waals surface area contributed by atoms with Gasteiger partial charge in [-0.3, -0.25) is 9.79 Å². The van der Waals surface area contributed by atoms with E-state index in [1.54, 1.807) is 0 Å². The number of ether oxygens (including phenoxy) is 2. The van der Waals surface area contributed by atoms with Crippen LogP contribution in [0.2, 0.25) is 0 Å². The van der Waals surface area contributed by atoms with Crippen LogP contribution < -0.4 is 15.0 Å². The third-order valence-corrected chi connectivity index (χ3v) is 5.09. The molecular formula is C21H32N4O3. The lowest BCUT2D eigenvalue weighted by Gasteiger charge is -2.29. The highest BCUT2D eigenvalue weighted by Crippen LogP contribution is 2.31. The second-order valence-corrected chi connectivity index (χ2v) is 7.15. The summed E-state index contributed by atoms with van der Waals surface area (Å²) in [5.74, 6) is 2.32. The number of likely N-dealkylation sites (tertiary alicyclic amines) is 1. The molecule has 1 amide bonds. The van der Waals surface area contributed by atoms with Crippen LogP contribution in [0.3, 0.4) is 0 Å². The predicted molar refractivity (Wildman–Crippen MR) is 111 cm³/mol. The van der Waals surface area contributed by atoms with E-state index in [9.17, 15) is 4.79 Å². The Morgan fingerprint density at radius 3 is 3.04 bits per heavy atom. The van der Waals surface area contributed by atoms with E-state index in [1.165, 1.54) is 0 Å². The fourth-order valence-electron chi connectivity index (χ4n) is 3.68. The standard InChI is InChI=1S/C21H32N4O3/c1-3-22-21(24-13-10-17(14-24)15-27-4-2)23-11-7-12-25-18-8-5-6-9-19(18)28-16-20(25)26/h5-6,8-9,17H,3-4,7,10-16H2,1-2H3,(H,22,23). The molecule has 1 aromatic rings. The number of fused-ring (bicyclic) bond motifs is 1. The first kappa shape index (κ1) is 20.5. The van der Waals surface area contributed by atoms with Gasteiger partial charge in [0, 0.05) is 45.2 Å². The number of carbonyl (C=O) groups excluding carboxylic acids is 1. The third kappa shape index (κ3) is 5.16. The Morgan fingerprint density at radius 1 is 1.36 bits per heavy atom. The van der Waals surface area contributed by atoms with E-state index < -0.39 is 0 Å². The van der Waals surface area contributed by atoms with Gasteiger partial charge in [-0.1, -0.05) is 12.1 Å². The first-order valence-electron chi connectivity index (χ1n) is 10.4. The third-order valence-electron chi connectivity index (χ3n) is 5.09. The van der Waals surface area contributed by atoms with Gasteiger partial charge in [-0.15, -0.1) is 0 Å². The van der Waals surface area contributed by atoms with Crippen molar-refractivity contribution in [1.82, 2.24) is 10.2 Å². The molecule has 2 aliphatic rings. The lowest BCUT2D eigenvalue weighted by atomic mass is 10.1. The minimum absolute atomic E-state index is 0.00731. The number of hydrogen-bond donors (Lipinski definition) is 1. The van der Waals surface area contributed by atoms with E-state index in [4.69, 9.17) is 14.5 Å². The van der Waals surface area contributed by atoms with E-state index in [0.717, 1.165) is 63.1 Å². The summed E-state index contributed by atoms with van der Waals surface area (Å²) < 4.78 is 11.1. The Morgan fingerprint density at radius 2 is 2.21 bits per heavy atom. The number of nitrogens with one attached hydrogen (secondary N) is 1. The van der Waals surface area contributed by atoms with Crippen molar-refractivity contribution in [3.8, 4) is 5.75 Å². The molecule has 7 heteroatoms. The molecule has 2 heterocycles. The van der Waals surface area contributed by atoms with Crippen molar-refractivity contribution in [3.05, 3.63) is 24.3 Å². The maximum atomic E-state index is 12.3. The van der Waals surface area contributed by atoms with Crippen molar-refractivity contribution >= 4 is 17.6 Å². The molecule has 154 valence electrons. The van der Waals surface area contributed by atoms with Gasteiger partial charge in [-0.05, 0) is 38.8 Å². The zero-order valence-electron chi connectivity index (χ0n) is 17.0. The molecule has 7 nitrogen and oxygen atoms in total. The number of amides is 1. The van der Waals surface area contributed by atoms with E-state index in [1.807, 2.05) is 36.1 Å². The molecule has 0 bridgehead atoms. The summed E-state index contributed by atoms with van der Waals surface area (Å²) >= 11 is 0. The second-order valence-electron chi connectivity index (χ2n) is 7.15. The summed E-state index contributed by atoms with van der Waals surface area (Å²) in [4.78, 5) is 21.2. The number of para-hydroxylation sites is 2. The van der Waals surface area contributed by atoms with Crippen LogP contribution in [-0.2, 0) is 9.53 Å². The van der Waals surface area contributed by atoms with Gasteiger partial charge < -0.3 is 24.6 Å². The van der Waals surface area contributed by atoms with E-state index in [-0.39, 0.29) is 12.5 Å². The topological polar surface area (TPSA) is 66.4 Å². The van der Waals surface area contributed by atoms with Crippen molar-refractivity contribution < 1.29 is 14.3 Å². The Hall–Kier alpha value is -2.28. The van der Waals surface area contributed by atoms with Crippen LogP contribution in [-0.4, -0.2) is 69.3 Å². The molecule has 2 aliphatic heterocycles. The monoisotopic (exact) mass is 388 g/mol. The first-order chi connectivity index (χ1) is 13.7. The Labute approximate surface area is 167 Å². The Balaban J connectivity index is 1.53. The second kappa shape index (κ2) is 10.3. The highest BCUT2D eigenvalue weighted by atomic mass is 16.5. The van der Waals surface area contributed by atoms with Crippen LogP contribution in [0, 0.1) is 5.92 Å². The molecule has 1 aromatic carbocycles. The van der Waals surface area contributed by atoms with Gasteiger partial charge in [0.15, 0.2) is 12.6 Å². The van der Waals surface area contributed by atoms with Crippen molar-refractivity contribution in [1.29, 1.82) is 0 Å². The van der Waals surface area contributed by atoms with Crippen LogP contribution in [0.15, 0.2) is 29.3 Å². The number of rotatable bonds is 8. The summed E-state index contributed by atoms with van der Waals surface area (Å²) in [6.45, 7) is 10.0. The Bertz CT molecular complexity index is 679. The Kier molecular flexibility index (Phi) is 7.54. The van der Waals surface area contributed by atoms with Gasteiger partial charge in [-0.25, -0.2) is 0 Å². The fourth-order valence-corrected chi connectivity index (χ4v) is 3.68. The molecule has 0 aliphatic carbocycles. The molecule has 28 heavy (non-hydrogen) atoms. The van der Waals surface area contributed by atoms with Gasteiger partial charge >= 0.3 is 0 Å². The molecule has 0 saturated carbocycles. The highest BCUT2D eigenvalue weighted by Gasteiger charge is 2.26. The number of carbonyl (C=O) groups is 1.